The Morgan fingerprint density at radius 2 is 1.89 bits per heavy atom. The third kappa shape index (κ3) is 6.44. The van der Waals surface area contributed by atoms with Crippen LogP contribution < -0.4 is 10.6 Å². The van der Waals surface area contributed by atoms with Crippen LogP contribution >= 0.6 is 24.0 Å². The zero-order valence-electron chi connectivity index (χ0n) is 16.2. The molecule has 2 rings (SSSR count). The number of hydrogen-bond donors (Lipinski definition) is 2. The third-order valence-electron chi connectivity index (χ3n) is 4.44. The lowest BCUT2D eigenvalue weighted by Crippen LogP contribution is -2.43. The minimum Gasteiger partial charge on any atom is -0.356 e. The van der Waals surface area contributed by atoms with Crippen LogP contribution in [0.2, 0.25) is 0 Å². The van der Waals surface area contributed by atoms with Gasteiger partial charge in [0.15, 0.2) is 5.96 Å². The van der Waals surface area contributed by atoms with Crippen LogP contribution in [0.25, 0.3) is 0 Å². The van der Waals surface area contributed by atoms with E-state index in [0.717, 1.165) is 11.0 Å². The first kappa shape index (κ1) is 23.3. The Morgan fingerprint density at radius 3 is 2.44 bits per heavy atom. The Morgan fingerprint density at radius 1 is 1.22 bits per heavy atom. The molecule has 0 unspecified atom stereocenters. The van der Waals surface area contributed by atoms with E-state index in [9.17, 15) is 8.78 Å². The molecule has 0 spiro atoms. The summed E-state index contributed by atoms with van der Waals surface area (Å²) >= 11 is 0. The zero-order chi connectivity index (χ0) is 19.2. The summed E-state index contributed by atoms with van der Waals surface area (Å²) in [5.74, 6) is 0.810. The van der Waals surface area contributed by atoms with Crippen LogP contribution in [0.4, 0.5) is 8.78 Å². The largest absolute Gasteiger partial charge is 0.356 e. The summed E-state index contributed by atoms with van der Waals surface area (Å²) < 4.78 is 26.6. The van der Waals surface area contributed by atoms with Crippen molar-refractivity contribution in [2.45, 2.75) is 45.7 Å². The molecule has 1 aromatic carbocycles. The van der Waals surface area contributed by atoms with Crippen molar-refractivity contribution in [2.75, 3.05) is 13.6 Å². The number of nitrogens with one attached hydrogen (secondary N) is 2. The van der Waals surface area contributed by atoms with Gasteiger partial charge in [-0.3, -0.25) is 9.56 Å². The second-order valence-electron chi connectivity index (χ2n) is 6.74. The van der Waals surface area contributed by atoms with Gasteiger partial charge >= 0.3 is 6.55 Å². The first-order valence-corrected chi connectivity index (χ1v) is 8.71. The zero-order valence-corrected chi connectivity index (χ0v) is 18.5. The maximum absolute atomic E-state index is 12.9. The van der Waals surface area contributed by atoms with Gasteiger partial charge in [-0.15, -0.1) is 24.0 Å². The molecule has 150 valence electrons. The van der Waals surface area contributed by atoms with E-state index in [1.807, 2.05) is 0 Å². The molecule has 0 aliphatic heterocycles. The van der Waals surface area contributed by atoms with E-state index in [-0.39, 0.29) is 41.8 Å². The van der Waals surface area contributed by atoms with E-state index in [4.69, 9.17) is 0 Å². The smallest absolute Gasteiger partial charge is 0.319 e. The molecule has 0 aliphatic rings. The highest BCUT2D eigenvalue weighted by molar-refractivity contribution is 14.0. The van der Waals surface area contributed by atoms with Crippen molar-refractivity contribution in [3.63, 3.8) is 0 Å². The fourth-order valence-corrected chi connectivity index (χ4v) is 2.64. The molecule has 2 aromatic rings. The number of benzene rings is 1. The monoisotopic (exact) mass is 491 g/mol. The number of aromatic nitrogens is 2. The molecule has 5 nitrogen and oxygen atoms in total. The summed E-state index contributed by atoms with van der Waals surface area (Å²) in [6.45, 7) is 4.66. The molecule has 8 heteroatoms. The fourth-order valence-electron chi connectivity index (χ4n) is 2.64. The lowest BCUT2D eigenvalue weighted by Gasteiger charge is -2.27. The molecule has 0 atom stereocenters. The van der Waals surface area contributed by atoms with Gasteiger partial charge in [-0.1, -0.05) is 45.0 Å². The Labute approximate surface area is 176 Å². The van der Waals surface area contributed by atoms with Gasteiger partial charge in [0.25, 0.3) is 0 Å². The lowest BCUT2D eigenvalue weighted by molar-refractivity contribution is 0.0668. The van der Waals surface area contributed by atoms with Crippen LogP contribution in [0.1, 0.15) is 44.3 Å². The minimum absolute atomic E-state index is 0. The van der Waals surface area contributed by atoms with Gasteiger partial charge in [0.05, 0.1) is 6.54 Å². The Hall–Kier alpha value is -1.71. The minimum atomic E-state index is -2.60. The average molecular weight is 491 g/mol. The quantitative estimate of drug-likeness (QED) is 0.349. The lowest BCUT2D eigenvalue weighted by atomic mass is 9.84. The normalized spacial score (nSPS) is 12.0. The van der Waals surface area contributed by atoms with E-state index in [2.05, 4.69) is 65.6 Å². The highest BCUT2D eigenvalue weighted by Crippen LogP contribution is 2.22. The van der Waals surface area contributed by atoms with Crippen LogP contribution in [0.3, 0.4) is 0 Å². The first-order valence-electron chi connectivity index (χ1n) is 8.71. The molecule has 0 saturated heterocycles. The maximum atomic E-state index is 12.9. The van der Waals surface area contributed by atoms with Gasteiger partial charge in [0.1, 0.15) is 5.82 Å². The predicted molar refractivity (Wildman–Crippen MR) is 116 cm³/mol. The van der Waals surface area contributed by atoms with Crippen molar-refractivity contribution in [3.05, 3.63) is 53.6 Å². The van der Waals surface area contributed by atoms with Gasteiger partial charge in [-0.2, -0.15) is 8.78 Å². The number of aryl methyl sites for hydroxylation is 1. The molecule has 0 aliphatic carbocycles. The number of aliphatic imine (C=N–C) groups is 1. The number of guanidine groups is 1. The van der Waals surface area contributed by atoms with Crippen LogP contribution in [0.15, 0.2) is 41.7 Å². The van der Waals surface area contributed by atoms with E-state index in [1.54, 1.807) is 7.05 Å². The molecule has 0 fully saturated rings. The number of imidazole rings is 1. The van der Waals surface area contributed by atoms with Crippen LogP contribution in [-0.4, -0.2) is 29.1 Å². The highest BCUT2D eigenvalue weighted by Gasteiger charge is 2.21. The summed E-state index contributed by atoms with van der Waals surface area (Å²) in [5.41, 5.74) is 2.43. The SMILES string of the molecule is CCc1ccc(C(C)(C)CNC(=NC)NCc2nccn2C(F)F)cc1.I. The summed E-state index contributed by atoms with van der Waals surface area (Å²) in [4.78, 5) is 8.11. The molecule has 2 N–H and O–H groups in total. The molecular formula is C19H28F2IN5. The maximum Gasteiger partial charge on any atom is 0.319 e. The van der Waals surface area contributed by atoms with Crippen molar-refractivity contribution >= 4 is 29.9 Å². The van der Waals surface area contributed by atoms with Gasteiger partial charge in [-0.05, 0) is 17.5 Å². The van der Waals surface area contributed by atoms with Crippen LogP contribution in [0, 0.1) is 0 Å². The third-order valence-corrected chi connectivity index (χ3v) is 4.44. The van der Waals surface area contributed by atoms with E-state index < -0.39 is 6.55 Å². The molecule has 0 saturated carbocycles. The van der Waals surface area contributed by atoms with Gasteiger partial charge < -0.3 is 10.6 Å². The number of nitrogens with zero attached hydrogens (tertiary/aromatic N) is 3. The molecule has 1 aromatic heterocycles. The van der Waals surface area contributed by atoms with Gasteiger partial charge in [-0.25, -0.2) is 4.98 Å². The summed E-state index contributed by atoms with van der Waals surface area (Å²) in [7, 11) is 1.65. The summed E-state index contributed by atoms with van der Waals surface area (Å²) in [6.07, 6.45) is 3.65. The molecular weight excluding hydrogens is 463 g/mol. The topological polar surface area (TPSA) is 54.2 Å². The van der Waals surface area contributed by atoms with E-state index >= 15 is 0 Å². The van der Waals surface area contributed by atoms with Crippen LogP contribution in [-0.2, 0) is 18.4 Å². The van der Waals surface area contributed by atoms with E-state index in [1.165, 1.54) is 23.5 Å². The highest BCUT2D eigenvalue weighted by atomic mass is 127. The van der Waals surface area contributed by atoms with Crippen molar-refractivity contribution < 1.29 is 8.78 Å². The van der Waals surface area contributed by atoms with Crippen molar-refractivity contribution in [2.24, 2.45) is 4.99 Å². The average Bonchev–Trinajstić information content (AvgIpc) is 3.11. The Balaban J connectivity index is 0.00000364. The Kier molecular flexibility index (Phi) is 9.14. The van der Waals surface area contributed by atoms with Crippen molar-refractivity contribution in [1.82, 2.24) is 20.2 Å². The van der Waals surface area contributed by atoms with Crippen molar-refractivity contribution in [1.29, 1.82) is 0 Å². The first-order chi connectivity index (χ1) is 12.4. The second kappa shape index (κ2) is 10.6. The standard InChI is InChI=1S/C19H27F2N5.HI/c1-5-14-6-8-15(9-7-14)19(2,3)13-25-18(22-4)24-12-16-23-10-11-26(16)17(20)21;/h6-11,17H,5,12-13H2,1-4H3,(H2,22,24,25);1H. The number of halogens is 3. The molecule has 0 radical (unpaired) electrons. The molecule has 27 heavy (non-hydrogen) atoms. The Bertz CT molecular complexity index is 726. The summed E-state index contributed by atoms with van der Waals surface area (Å²) in [5, 5.41) is 6.29. The number of alkyl halides is 2. The molecule has 1 heterocycles. The van der Waals surface area contributed by atoms with Crippen molar-refractivity contribution in [3.8, 4) is 0 Å². The van der Waals surface area contributed by atoms with Gasteiger partial charge in [0, 0.05) is 31.4 Å². The van der Waals surface area contributed by atoms with E-state index in [0.29, 0.717) is 12.5 Å². The number of hydrogen-bond acceptors (Lipinski definition) is 2. The molecule has 0 amide bonds. The van der Waals surface area contributed by atoms with Crippen LogP contribution in [0.5, 0.6) is 0 Å². The number of rotatable bonds is 7. The molecule has 0 bridgehead atoms. The fraction of sp³-hybridized carbons (Fsp3) is 0.474. The summed E-state index contributed by atoms with van der Waals surface area (Å²) in [6, 6.07) is 8.59. The second-order valence-corrected chi connectivity index (χ2v) is 6.74. The van der Waals surface area contributed by atoms with Gasteiger partial charge in [0.2, 0.25) is 0 Å². The predicted octanol–water partition coefficient (Wildman–Crippen LogP) is 4.10.